The fourth-order valence-corrected chi connectivity index (χ4v) is 4.48. The average molecular weight is 451 g/mol. The molecule has 0 saturated heterocycles. The van der Waals surface area contributed by atoms with Gasteiger partial charge in [0.15, 0.2) is 0 Å². The van der Waals surface area contributed by atoms with Crippen molar-refractivity contribution in [2.24, 2.45) is 0 Å². The molecule has 1 amide bonds. The number of aromatic nitrogens is 1. The van der Waals surface area contributed by atoms with Crippen LogP contribution in [0.2, 0.25) is 0 Å². The maximum absolute atomic E-state index is 14.1. The second-order valence-corrected chi connectivity index (χ2v) is 8.92. The van der Waals surface area contributed by atoms with E-state index < -0.39 is 0 Å². The lowest BCUT2D eigenvalue weighted by Gasteiger charge is -2.29. The molecule has 4 rings (SSSR count). The summed E-state index contributed by atoms with van der Waals surface area (Å²) in [6.07, 6.45) is 4.16. The quantitative estimate of drug-likeness (QED) is 0.261. The molecule has 34 heavy (non-hydrogen) atoms. The summed E-state index contributed by atoms with van der Waals surface area (Å²) in [6.45, 7) is 6.50. The standard InChI is InChI=1S/C31H34N2O/c1-3-4-21-33(24-29-20-13-22-32(29)23-28-19-12-11-14-25(28)2)31(34)30(26-15-7-5-8-16-26)27-17-9-6-10-18-27/h5-20,22,30H,3-4,21,23-24H2,1-2H3. The van der Waals surface area contributed by atoms with Crippen molar-refractivity contribution in [3.8, 4) is 0 Å². The van der Waals surface area contributed by atoms with Gasteiger partial charge in [-0.25, -0.2) is 0 Å². The van der Waals surface area contributed by atoms with Crippen LogP contribution in [0.25, 0.3) is 0 Å². The molecule has 3 nitrogen and oxygen atoms in total. The van der Waals surface area contributed by atoms with Gasteiger partial charge in [0.05, 0.1) is 12.5 Å². The van der Waals surface area contributed by atoms with Crippen LogP contribution in [0, 0.1) is 6.92 Å². The second-order valence-electron chi connectivity index (χ2n) is 8.92. The Bertz CT molecular complexity index is 1140. The summed E-state index contributed by atoms with van der Waals surface area (Å²) in [5.41, 5.74) is 5.82. The summed E-state index contributed by atoms with van der Waals surface area (Å²) in [5, 5.41) is 0. The number of hydrogen-bond donors (Lipinski definition) is 0. The molecule has 1 heterocycles. The lowest BCUT2D eigenvalue weighted by Crippen LogP contribution is -2.36. The maximum Gasteiger partial charge on any atom is 0.234 e. The molecule has 0 bridgehead atoms. The average Bonchev–Trinajstić information content (AvgIpc) is 3.31. The molecule has 0 aliphatic rings. The van der Waals surface area contributed by atoms with Gasteiger partial charge in [0.25, 0.3) is 0 Å². The fourth-order valence-electron chi connectivity index (χ4n) is 4.48. The van der Waals surface area contributed by atoms with E-state index in [2.05, 4.69) is 90.2 Å². The lowest BCUT2D eigenvalue weighted by molar-refractivity contribution is -0.132. The van der Waals surface area contributed by atoms with Gasteiger partial charge in [0.1, 0.15) is 0 Å². The van der Waals surface area contributed by atoms with E-state index in [-0.39, 0.29) is 11.8 Å². The van der Waals surface area contributed by atoms with Crippen LogP contribution in [0.1, 0.15) is 53.6 Å². The Labute approximate surface area is 203 Å². The topological polar surface area (TPSA) is 25.2 Å². The van der Waals surface area contributed by atoms with Crippen molar-refractivity contribution in [2.45, 2.75) is 45.7 Å². The number of nitrogens with zero attached hydrogens (tertiary/aromatic N) is 2. The summed E-state index contributed by atoms with van der Waals surface area (Å²) >= 11 is 0. The van der Waals surface area contributed by atoms with Crippen LogP contribution in [0.15, 0.2) is 103 Å². The molecule has 1 aromatic heterocycles. The Kier molecular flexibility index (Phi) is 7.98. The van der Waals surface area contributed by atoms with Crippen molar-refractivity contribution in [1.29, 1.82) is 0 Å². The molecule has 3 aromatic carbocycles. The van der Waals surface area contributed by atoms with Crippen LogP contribution in [0.5, 0.6) is 0 Å². The van der Waals surface area contributed by atoms with E-state index in [1.54, 1.807) is 0 Å². The van der Waals surface area contributed by atoms with Gasteiger partial charge in [-0.05, 0) is 47.7 Å². The van der Waals surface area contributed by atoms with E-state index in [9.17, 15) is 4.79 Å². The molecule has 0 atom stereocenters. The van der Waals surface area contributed by atoms with Crippen LogP contribution >= 0.6 is 0 Å². The number of benzene rings is 3. The number of hydrogen-bond acceptors (Lipinski definition) is 1. The van der Waals surface area contributed by atoms with Crippen LogP contribution in [-0.4, -0.2) is 21.9 Å². The van der Waals surface area contributed by atoms with E-state index in [1.807, 2.05) is 36.4 Å². The number of amides is 1. The summed E-state index contributed by atoms with van der Waals surface area (Å²) in [7, 11) is 0. The van der Waals surface area contributed by atoms with Gasteiger partial charge < -0.3 is 9.47 Å². The summed E-state index contributed by atoms with van der Waals surface area (Å²) in [6, 6.07) is 33.1. The fraction of sp³-hybridized carbons (Fsp3) is 0.258. The minimum atomic E-state index is -0.306. The van der Waals surface area contributed by atoms with Gasteiger partial charge in [-0.15, -0.1) is 0 Å². The monoisotopic (exact) mass is 450 g/mol. The van der Waals surface area contributed by atoms with Crippen molar-refractivity contribution in [3.63, 3.8) is 0 Å². The Balaban J connectivity index is 1.63. The molecule has 0 N–H and O–H groups in total. The second kappa shape index (κ2) is 11.5. The molecule has 174 valence electrons. The van der Waals surface area contributed by atoms with Crippen LogP contribution in [-0.2, 0) is 17.9 Å². The largest absolute Gasteiger partial charge is 0.345 e. The molecule has 0 radical (unpaired) electrons. The zero-order valence-corrected chi connectivity index (χ0v) is 20.2. The third kappa shape index (κ3) is 5.66. The first-order chi connectivity index (χ1) is 16.7. The minimum absolute atomic E-state index is 0.162. The normalized spacial score (nSPS) is 11.0. The summed E-state index contributed by atoms with van der Waals surface area (Å²) in [5.74, 6) is -0.145. The molecular formula is C31H34N2O. The highest BCUT2D eigenvalue weighted by Crippen LogP contribution is 2.28. The number of aryl methyl sites for hydroxylation is 1. The molecular weight excluding hydrogens is 416 g/mol. The summed E-state index contributed by atoms with van der Waals surface area (Å²) in [4.78, 5) is 16.2. The zero-order valence-electron chi connectivity index (χ0n) is 20.2. The first-order valence-corrected chi connectivity index (χ1v) is 12.2. The summed E-state index contributed by atoms with van der Waals surface area (Å²) < 4.78 is 2.27. The third-order valence-electron chi connectivity index (χ3n) is 6.48. The molecule has 4 aromatic rings. The van der Waals surface area contributed by atoms with Gasteiger partial charge in [-0.3, -0.25) is 4.79 Å². The first kappa shape index (κ1) is 23.6. The molecule has 0 aliphatic carbocycles. The van der Waals surface area contributed by atoms with E-state index >= 15 is 0 Å². The Hall–Kier alpha value is -3.59. The lowest BCUT2D eigenvalue weighted by atomic mass is 9.90. The van der Waals surface area contributed by atoms with Crippen molar-refractivity contribution < 1.29 is 4.79 Å². The van der Waals surface area contributed by atoms with E-state index in [1.165, 1.54) is 11.1 Å². The van der Waals surface area contributed by atoms with Gasteiger partial charge in [0, 0.05) is 25.0 Å². The minimum Gasteiger partial charge on any atom is -0.345 e. The molecule has 0 spiro atoms. The highest BCUT2D eigenvalue weighted by atomic mass is 16.2. The smallest absolute Gasteiger partial charge is 0.234 e. The predicted octanol–water partition coefficient (Wildman–Crippen LogP) is 6.81. The zero-order chi connectivity index (χ0) is 23.8. The molecule has 0 aliphatic heterocycles. The van der Waals surface area contributed by atoms with E-state index in [4.69, 9.17) is 0 Å². The number of unbranched alkanes of at least 4 members (excludes halogenated alkanes) is 1. The maximum atomic E-state index is 14.1. The molecule has 0 fully saturated rings. The van der Waals surface area contributed by atoms with Crippen molar-refractivity contribution in [1.82, 2.24) is 9.47 Å². The van der Waals surface area contributed by atoms with Gasteiger partial charge in [0.2, 0.25) is 5.91 Å². The van der Waals surface area contributed by atoms with E-state index in [0.29, 0.717) is 6.54 Å². The van der Waals surface area contributed by atoms with Gasteiger partial charge in [-0.1, -0.05) is 98.3 Å². The van der Waals surface area contributed by atoms with E-state index in [0.717, 1.165) is 42.8 Å². The van der Waals surface area contributed by atoms with Crippen LogP contribution in [0.4, 0.5) is 0 Å². The highest BCUT2D eigenvalue weighted by Gasteiger charge is 2.27. The Morgan fingerprint density at radius 2 is 1.44 bits per heavy atom. The van der Waals surface area contributed by atoms with Gasteiger partial charge >= 0.3 is 0 Å². The predicted molar refractivity (Wildman–Crippen MR) is 140 cm³/mol. The van der Waals surface area contributed by atoms with Crippen molar-refractivity contribution >= 4 is 5.91 Å². The van der Waals surface area contributed by atoms with Crippen LogP contribution in [0.3, 0.4) is 0 Å². The first-order valence-electron chi connectivity index (χ1n) is 12.2. The third-order valence-corrected chi connectivity index (χ3v) is 6.48. The van der Waals surface area contributed by atoms with Crippen molar-refractivity contribution in [2.75, 3.05) is 6.54 Å². The van der Waals surface area contributed by atoms with Crippen molar-refractivity contribution in [3.05, 3.63) is 131 Å². The van der Waals surface area contributed by atoms with Crippen LogP contribution < -0.4 is 0 Å². The number of carbonyl (C=O) groups excluding carboxylic acids is 1. The highest BCUT2D eigenvalue weighted by molar-refractivity contribution is 5.87. The molecule has 0 saturated carbocycles. The number of carbonyl (C=O) groups is 1. The Morgan fingerprint density at radius 1 is 0.824 bits per heavy atom. The molecule has 3 heteroatoms. The molecule has 0 unspecified atom stereocenters. The Morgan fingerprint density at radius 3 is 2.06 bits per heavy atom. The number of rotatable bonds is 10. The SMILES string of the molecule is CCCCN(Cc1cccn1Cc1ccccc1C)C(=O)C(c1ccccc1)c1ccccc1. The van der Waals surface area contributed by atoms with Gasteiger partial charge in [-0.2, -0.15) is 0 Å².